The van der Waals surface area contributed by atoms with Crippen molar-refractivity contribution in [1.29, 1.82) is 0 Å². The van der Waals surface area contributed by atoms with Crippen LogP contribution in [-0.2, 0) is 6.42 Å². The lowest BCUT2D eigenvalue weighted by atomic mass is 10.1. The van der Waals surface area contributed by atoms with E-state index in [9.17, 15) is 9.18 Å². The molecule has 0 N–H and O–H groups in total. The van der Waals surface area contributed by atoms with Gasteiger partial charge < -0.3 is 0 Å². The molecule has 0 saturated heterocycles. The van der Waals surface area contributed by atoms with Crippen molar-refractivity contribution >= 4 is 17.1 Å². The summed E-state index contributed by atoms with van der Waals surface area (Å²) in [6.07, 6.45) is 0.915. The third kappa shape index (κ3) is 3.98. The summed E-state index contributed by atoms with van der Waals surface area (Å²) in [6, 6.07) is 10.2. The average Bonchev–Trinajstić information content (AvgIpc) is 2.90. The van der Waals surface area contributed by atoms with Crippen LogP contribution in [0, 0.1) is 5.82 Å². The van der Waals surface area contributed by atoms with Crippen molar-refractivity contribution in [3.63, 3.8) is 0 Å². The van der Waals surface area contributed by atoms with Gasteiger partial charge in [-0.3, -0.25) is 9.69 Å². The number of carbonyl (C=O) groups excluding carboxylic acids is 1. The summed E-state index contributed by atoms with van der Waals surface area (Å²) < 4.78 is 13.5. The second-order valence-corrected chi connectivity index (χ2v) is 5.50. The van der Waals surface area contributed by atoms with Gasteiger partial charge in [0.25, 0.3) is 0 Å². The molecule has 4 heteroatoms. The Morgan fingerprint density at radius 3 is 2.74 bits per heavy atom. The minimum absolute atomic E-state index is 0.172. The lowest BCUT2D eigenvalue weighted by molar-refractivity contribution is 0.0943. The molecule has 0 spiro atoms. The maximum absolute atomic E-state index is 13.5. The van der Waals surface area contributed by atoms with E-state index in [1.807, 2.05) is 23.4 Å². The van der Waals surface area contributed by atoms with Crippen LogP contribution in [0.25, 0.3) is 0 Å². The van der Waals surface area contributed by atoms with E-state index in [2.05, 4.69) is 6.07 Å². The summed E-state index contributed by atoms with van der Waals surface area (Å²) in [4.78, 5) is 15.2. The van der Waals surface area contributed by atoms with E-state index >= 15 is 0 Å². The van der Waals surface area contributed by atoms with Crippen LogP contribution in [0.4, 0.5) is 4.39 Å². The zero-order valence-corrected chi connectivity index (χ0v) is 11.6. The lowest BCUT2D eigenvalue weighted by Gasteiger charge is -2.15. The van der Waals surface area contributed by atoms with Crippen LogP contribution in [0.15, 0.2) is 41.8 Å². The predicted octanol–water partition coefficient (Wildman–Crippen LogP) is 3.24. The monoisotopic (exact) mass is 277 g/mol. The van der Waals surface area contributed by atoms with E-state index in [1.54, 1.807) is 23.5 Å². The van der Waals surface area contributed by atoms with Crippen molar-refractivity contribution in [3.8, 4) is 0 Å². The van der Waals surface area contributed by atoms with Gasteiger partial charge in [0.05, 0.1) is 12.1 Å². The number of Topliss-reactive ketones (excluding diaryl/α,β-unsaturated/α-hetero) is 1. The number of hydrogen-bond donors (Lipinski definition) is 0. The molecule has 0 amide bonds. The topological polar surface area (TPSA) is 20.3 Å². The normalized spacial score (nSPS) is 10.9. The number of benzene rings is 1. The number of hydrogen-bond acceptors (Lipinski definition) is 3. The first-order chi connectivity index (χ1) is 9.16. The summed E-state index contributed by atoms with van der Waals surface area (Å²) in [5.41, 5.74) is 0.172. The van der Waals surface area contributed by atoms with E-state index in [0.29, 0.717) is 0 Å². The van der Waals surface area contributed by atoms with Crippen LogP contribution in [0.2, 0.25) is 0 Å². The van der Waals surface area contributed by atoms with Gasteiger partial charge in [0.1, 0.15) is 5.82 Å². The van der Waals surface area contributed by atoms with E-state index in [1.165, 1.54) is 17.0 Å². The number of ketones is 1. The first-order valence-electron chi connectivity index (χ1n) is 6.15. The Balaban J connectivity index is 1.87. The third-order valence-electron chi connectivity index (χ3n) is 2.91. The van der Waals surface area contributed by atoms with E-state index in [-0.39, 0.29) is 17.9 Å². The highest BCUT2D eigenvalue weighted by Gasteiger charge is 2.13. The van der Waals surface area contributed by atoms with Crippen LogP contribution < -0.4 is 0 Å². The molecule has 2 aromatic rings. The van der Waals surface area contributed by atoms with Crippen molar-refractivity contribution in [2.45, 2.75) is 6.42 Å². The number of likely N-dealkylation sites (N-methyl/N-ethyl adjacent to an activating group) is 1. The second-order valence-electron chi connectivity index (χ2n) is 4.47. The van der Waals surface area contributed by atoms with Crippen molar-refractivity contribution in [3.05, 3.63) is 58.0 Å². The molecule has 0 bridgehead atoms. The molecule has 0 radical (unpaired) electrons. The first-order valence-corrected chi connectivity index (χ1v) is 7.03. The fourth-order valence-electron chi connectivity index (χ4n) is 1.85. The fraction of sp³-hybridized carbons (Fsp3) is 0.267. The number of thiophene rings is 1. The summed E-state index contributed by atoms with van der Waals surface area (Å²) in [6.45, 7) is 1.03. The van der Waals surface area contributed by atoms with Crippen molar-refractivity contribution in [1.82, 2.24) is 4.90 Å². The SMILES string of the molecule is CN(CCc1cccs1)CC(=O)c1ccccc1F. The Bertz CT molecular complexity index is 539. The molecule has 1 aromatic carbocycles. The van der Waals surface area contributed by atoms with Gasteiger partial charge in [-0.2, -0.15) is 0 Å². The third-order valence-corrected chi connectivity index (χ3v) is 3.84. The Morgan fingerprint density at radius 2 is 2.05 bits per heavy atom. The highest BCUT2D eigenvalue weighted by molar-refractivity contribution is 7.09. The minimum atomic E-state index is -0.445. The summed E-state index contributed by atoms with van der Waals surface area (Å²) in [5.74, 6) is -0.620. The van der Waals surface area contributed by atoms with E-state index in [0.717, 1.165) is 13.0 Å². The maximum atomic E-state index is 13.5. The zero-order chi connectivity index (χ0) is 13.7. The summed E-state index contributed by atoms with van der Waals surface area (Å²) >= 11 is 1.71. The molecule has 0 unspecified atom stereocenters. The molecule has 0 saturated carbocycles. The van der Waals surface area contributed by atoms with Crippen LogP contribution in [-0.4, -0.2) is 30.8 Å². The maximum Gasteiger partial charge on any atom is 0.179 e. The Labute approximate surface area is 116 Å². The number of rotatable bonds is 6. The molecule has 1 heterocycles. The number of nitrogens with zero attached hydrogens (tertiary/aromatic N) is 1. The molecule has 19 heavy (non-hydrogen) atoms. The van der Waals surface area contributed by atoms with E-state index < -0.39 is 5.82 Å². The van der Waals surface area contributed by atoms with Crippen molar-refractivity contribution < 1.29 is 9.18 Å². The smallest absolute Gasteiger partial charge is 0.179 e. The summed E-state index contributed by atoms with van der Waals surface area (Å²) in [7, 11) is 1.88. The highest BCUT2D eigenvalue weighted by Crippen LogP contribution is 2.11. The van der Waals surface area contributed by atoms with Gasteiger partial charge in [0.15, 0.2) is 5.78 Å². The number of halogens is 1. The Hall–Kier alpha value is -1.52. The molecule has 100 valence electrons. The second kappa shape index (κ2) is 6.59. The molecule has 0 atom stereocenters. The minimum Gasteiger partial charge on any atom is -0.299 e. The molecule has 0 aliphatic heterocycles. The fourth-order valence-corrected chi connectivity index (χ4v) is 2.55. The van der Waals surface area contributed by atoms with Gasteiger partial charge in [-0.25, -0.2) is 4.39 Å². The average molecular weight is 277 g/mol. The van der Waals surface area contributed by atoms with Crippen molar-refractivity contribution in [2.75, 3.05) is 20.1 Å². The van der Waals surface area contributed by atoms with Crippen LogP contribution >= 0.6 is 11.3 Å². The molecule has 0 fully saturated rings. The van der Waals surface area contributed by atoms with Gasteiger partial charge in [0, 0.05) is 11.4 Å². The van der Waals surface area contributed by atoms with Gasteiger partial charge in [-0.15, -0.1) is 11.3 Å². The van der Waals surface area contributed by atoms with Gasteiger partial charge in [0.2, 0.25) is 0 Å². The van der Waals surface area contributed by atoms with Crippen molar-refractivity contribution in [2.24, 2.45) is 0 Å². The predicted molar refractivity (Wildman–Crippen MR) is 76.3 cm³/mol. The molecule has 0 aliphatic rings. The molecule has 2 rings (SSSR count). The summed E-state index contributed by atoms with van der Waals surface area (Å²) in [5, 5.41) is 2.04. The largest absolute Gasteiger partial charge is 0.299 e. The molecular weight excluding hydrogens is 261 g/mol. The molecule has 2 nitrogen and oxygen atoms in total. The van der Waals surface area contributed by atoms with Gasteiger partial charge >= 0.3 is 0 Å². The lowest BCUT2D eigenvalue weighted by Crippen LogP contribution is -2.28. The van der Waals surface area contributed by atoms with Gasteiger partial charge in [-0.1, -0.05) is 18.2 Å². The van der Waals surface area contributed by atoms with Crippen LogP contribution in [0.1, 0.15) is 15.2 Å². The number of carbonyl (C=O) groups is 1. The standard InChI is InChI=1S/C15H16FNOS/c1-17(9-8-12-5-4-10-19-12)11-15(18)13-6-2-3-7-14(13)16/h2-7,10H,8-9,11H2,1H3. The quantitative estimate of drug-likeness (QED) is 0.755. The van der Waals surface area contributed by atoms with E-state index in [4.69, 9.17) is 0 Å². The van der Waals surface area contributed by atoms with Gasteiger partial charge in [-0.05, 0) is 37.0 Å². The first kappa shape index (κ1) is 13.9. The Morgan fingerprint density at radius 1 is 1.26 bits per heavy atom. The van der Waals surface area contributed by atoms with Crippen LogP contribution in [0.3, 0.4) is 0 Å². The molecule has 1 aromatic heterocycles. The molecular formula is C15H16FNOS. The zero-order valence-electron chi connectivity index (χ0n) is 10.8. The highest BCUT2D eigenvalue weighted by atomic mass is 32.1. The van der Waals surface area contributed by atoms with Crippen LogP contribution in [0.5, 0.6) is 0 Å². The Kier molecular flexibility index (Phi) is 4.82. The molecule has 0 aliphatic carbocycles.